The average molecular weight is 576 g/mol. The maximum absolute atomic E-state index is 13.8. The number of nitrogens with zero attached hydrogens (tertiary/aromatic N) is 3. The third kappa shape index (κ3) is 6.85. The van der Waals surface area contributed by atoms with E-state index in [2.05, 4.69) is 26.6 Å². The maximum atomic E-state index is 13.8. The van der Waals surface area contributed by atoms with Crippen LogP contribution in [0.3, 0.4) is 0 Å². The number of pyridine rings is 1. The molecule has 3 aromatic carbocycles. The Kier molecular flexibility index (Phi) is 9.61. The number of rotatable bonds is 11. The number of nitrogens with one attached hydrogen (secondary N) is 2. The summed E-state index contributed by atoms with van der Waals surface area (Å²) in [6.07, 6.45) is 2.67. The minimum Gasteiger partial charge on any atom is -0.507 e. The number of halogens is 2. The molecule has 0 aliphatic heterocycles. The van der Waals surface area contributed by atoms with Gasteiger partial charge in [0.05, 0.1) is 34.0 Å². The number of phenols is 1. The van der Waals surface area contributed by atoms with Crippen LogP contribution in [0.1, 0.15) is 34.8 Å². The first-order chi connectivity index (χ1) is 19.7. The number of fused-ring (bicyclic) bond motifs is 1. The van der Waals surface area contributed by atoms with E-state index < -0.39 is 5.82 Å². The predicted molar refractivity (Wildman–Crippen MR) is 159 cm³/mol. The van der Waals surface area contributed by atoms with Gasteiger partial charge in [0.2, 0.25) is 0 Å². The Hall–Kier alpha value is -4.39. The summed E-state index contributed by atoms with van der Waals surface area (Å²) >= 11 is 5.99. The number of nitriles is 1. The van der Waals surface area contributed by atoms with E-state index in [9.17, 15) is 19.6 Å². The molecule has 0 saturated carbocycles. The monoisotopic (exact) mass is 575 g/mol. The average Bonchev–Trinajstić information content (AvgIpc) is 2.95. The quantitative estimate of drug-likeness (QED) is 0.200. The van der Waals surface area contributed by atoms with E-state index in [0.29, 0.717) is 59.6 Å². The number of carbonyl (C=O) groups is 1. The Bertz CT molecular complexity index is 1610. The largest absolute Gasteiger partial charge is 0.507 e. The third-order valence-electron chi connectivity index (χ3n) is 6.79. The summed E-state index contributed by atoms with van der Waals surface area (Å²) in [6, 6.07) is 16.6. The molecule has 212 valence electrons. The fourth-order valence-corrected chi connectivity index (χ4v) is 4.80. The number of benzene rings is 3. The van der Waals surface area contributed by atoms with Crippen LogP contribution in [-0.2, 0) is 6.42 Å². The number of ether oxygens (including phenoxy) is 1. The van der Waals surface area contributed by atoms with E-state index in [-0.39, 0.29) is 28.3 Å². The minimum absolute atomic E-state index is 0.00534. The molecule has 8 nitrogen and oxygen atoms in total. The standard InChI is InChI=1S/C31H31ClFN5O3/c1-4-41-28-12-10-23-29(37-20-9-11-26(33)25(32)15-20)19(17-34)18-36-30(23)24(28)16-21(38(2)3)13-14-35-31(40)22-7-5-6-8-27(22)39/h5-12,15,18,21,39H,4,13-14,16H2,1-3H3,(H,35,40)(H,36,37). The van der Waals surface area contributed by atoms with Crippen LogP contribution in [0.25, 0.3) is 10.9 Å². The Morgan fingerprint density at radius 3 is 2.68 bits per heavy atom. The summed E-state index contributed by atoms with van der Waals surface area (Å²) in [5, 5.41) is 26.6. The summed E-state index contributed by atoms with van der Waals surface area (Å²) in [5.74, 6) is -0.269. The van der Waals surface area contributed by atoms with E-state index in [1.165, 1.54) is 24.4 Å². The van der Waals surface area contributed by atoms with Gasteiger partial charge >= 0.3 is 0 Å². The highest BCUT2D eigenvalue weighted by Crippen LogP contribution is 2.36. The Morgan fingerprint density at radius 2 is 2.00 bits per heavy atom. The first kappa shape index (κ1) is 29.6. The molecule has 1 heterocycles. The van der Waals surface area contributed by atoms with Gasteiger partial charge in [-0.2, -0.15) is 5.26 Å². The smallest absolute Gasteiger partial charge is 0.255 e. The van der Waals surface area contributed by atoms with Gasteiger partial charge < -0.3 is 25.4 Å². The number of para-hydroxylation sites is 1. The molecule has 10 heteroatoms. The summed E-state index contributed by atoms with van der Waals surface area (Å²) < 4.78 is 19.7. The van der Waals surface area contributed by atoms with Crippen molar-refractivity contribution in [2.45, 2.75) is 25.8 Å². The van der Waals surface area contributed by atoms with Gasteiger partial charge in [-0.05, 0) is 76.3 Å². The topological polar surface area (TPSA) is 111 Å². The van der Waals surface area contributed by atoms with Crippen molar-refractivity contribution in [3.63, 3.8) is 0 Å². The molecule has 41 heavy (non-hydrogen) atoms. The van der Waals surface area contributed by atoms with Gasteiger partial charge in [-0.3, -0.25) is 9.78 Å². The molecule has 4 aromatic rings. The van der Waals surface area contributed by atoms with Gasteiger partial charge in [0.1, 0.15) is 23.4 Å². The van der Waals surface area contributed by atoms with Crippen LogP contribution in [-0.4, -0.2) is 54.2 Å². The Labute approximate surface area is 243 Å². The van der Waals surface area contributed by atoms with E-state index in [1.54, 1.807) is 24.3 Å². The second-order valence-corrected chi connectivity index (χ2v) is 10.1. The number of carbonyl (C=O) groups excluding carboxylic acids is 1. The lowest BCUT2D eigenvalue weighted by Gasteiger charge is -2.26. The van der Waals surface area contributed by atoms with Gasteiger partial charge in [0.25, 0.3) is 5.91 Å². The van der Waals surface area contributed by atoms with E-state index in [0.717, 1.165) is 5.56 Å². The zero-order valence-corrected chi connectivity index (χ0v) is 23.8. The molecule has 0 radical (unpaired) electrons. The zero-order valence-electron chi connectivity index (χ0n) is 23.0. The van der Waals surface area contributed by atoms with Crippen molar-refractivity contribution in [1.82, 2.24) is 15.2 Å². The van der Waals surface area contributed by atoms with Crippen LogP contribution in [0.4, 0.5) is 15.8 Å². The van der Waals surface area contributed by atoms with E-state index in [4.69, 9.17) is 16.3 Å². The number of aromatic nitrogens is 1. The van der Waals surface area contributed by atoms with E-state index >= 15 is 0 Å². The van der Waals surface area contributed by atoms with Crippen LogP contribution in [0.2, 0.25) is 5.02 Å². The van der Waals surface area contributed by atoms with Crippen molar-refractivity contribution in [2.75, 3.05) is 32.6 Å². The van der Waals surface area contributed by atoms with Gasteiger partial charge in [-0.25, -0.2) is 4.39 Å². The van der Waals surface area contributed by atoms with Gasteiger partial charge in [-0.1, -0.05) is 23.7 Å². The highest BCUT2D eigenvalue weighted by molar-refractivity contribution is 6.31. The first-order valence-corrected chi connectivity index (χ1v) is 13.5. The lowest BCUT2D eigenvalue weighted by atomic mass is 9.97. The van der Waals surface area contributed by atoms with Gasteiger partial charge in [-0.15, -0.1) is 0 Å². The predicted octanol–water partition coefficient (Wildman–Crippen LogP) is 6.04. The van der Waals surface area contributed by atoms with Crippen molar-refractivity contribution in [3.05, 3.63) is 88.3 Å². The number of amides is 1. The number of likely N-dealkylation sites (N-methyl/N-ethyl adjacent to an activating group) is 1. The Balaban J connectivity index is 1.66. The van der Waals surface area contributed by atoms with Gasteiger partial charge in [0, 0.05) is 35.4 Å². The molecule has 1 amide bonds. The summed E-state index contributed by atoms with van der Waals surface area (Å²) in [5.41, 5.74) is 3.13. The van der Waals surface area contributed by atoms with Crippen LogP contribution >= 0.6 is 11.6 Å². The Morgan fingerprint density at radius 1 is 1.22 bits per heavy atom. The second-order valence-electron chi connectivity index (χ2n) is 9.67. The number of hydrogen-bond donors (Lipinski definition) is 3. The van der Waals surface area contributed by atoms with Gasteiger partial charge in [0.15, 0.2) is 0 Å². The molecule has 4 rings (SSSR count). The number of anilines is 2. The molecule has 1 atom stereocenters. The molecule has 0 saturated heterocycles. The lowest BCUT2D eigenvalue weighted by Crippen LogP contribution is -2.35. The highest BCUT2D eigenvalue weighted by atomic mass is 35.5. The zero-order chi connectivity index (χ0) is 29.5. The van der Waals surface area contributed by atoms with Crippen molar-refractivity contribution < 1.29 is 19.0 Å². The highest BCUT2D eigenvalue weighted by Gasteiger charge is 2.21. The summed E-state index contributed by atoms with van der Waals surface area (Å²) in [4.78, 5) is 19.3. The molecule has 0 fully saturated rings. The normalized spacial score (nSPS) is 11.7. The number of hydrogen-bond acceptors (Lipinski definition) is 7. The minimum atomic E-state index is -0.535. The van der Waals surface area contributed by atoms with E-state index in [1.807, 2.05) is 33.2 Å². The first-order valence-electron chi connectivity index (χ1n) is 13.2. The second kappa shape index (κ2) is 13.3. The molecule has 0 aliphatic rings. The van der Waals surface area contributed by atoms with Crippen LogP contribution in [0.5, 0.6) is 11.5 Å². The lowest BCUT2D eigenvalue weighted by molar-refractivity contribution is 0.0947. The SMILES string of the molecule is CCOc1ccc2c(Nc3ccc(F)c(Cl)c3)c(C#N)cnc2c1CC(CCNC(=O)c1ccccc1O)N(C)C. The number of phenolic OH excluding ortho intramolecular Hbond substituents is 1. The fraction of sp³-hybridized carbons (Fsp3) is 0.258. The van der Waals surface area contributed by atoms with Crippen molar-refractivity contribution in [3.8, 4) is 17.6 Å². The molecule has 0 aliphatic carbocycles. The van der Waals surface area contributed by atoms with Crippen LogP contribution in [0, 0.1) is 17.1 Å². The number of aromatic hydroxyl groups is 1. The molecule has 0 bridgehead atoms. The van der Waals surface area contributed by atoms with Crippen molar-refractivity contribution in [2.24, 2.45) is 0 Å². The summed E-state index contributed by atoms with van der Waals surface area (Å²) in [6.45, 7) is 2.75. The molecule has 1 unspecified atom stereocenters. The van der Waals surface area contributed by atoms with Crippen molar-refractivity contribution >= 4 is 39.8 Å². The molecular weight excluding hydrogens is 545 g/mol. The molecule has 0 spiro atoms. The van der Waals surface area contributed by atoms with Crippen LogP contribution < -0.4 is 15.4 Å². The maximum Gasteiger partial charge on any atom is 0.255 e. The fourth-order valence-electron chi connectivity index (χ4n) is 4.62. The van der Waals surface area contributed by atoms with Crippen LogP contribution in [0.15, 0.2) is 60.8 Å². The summed E-state index contributed by atoms with van der Waals surface area (Å²) in [7, 11) is 3.93. The molecular formula is C31H31ClFN5O3. The molecule has 1 aromatic heterocycles. The molecule has 3 N–H and O–H groups in total. The third-order valence-corrected chi connectivity index (χ3v) is 7.08. The van der Waals surface area contributed by atoms with Crippen molar-refractivity contribution in [1.29, 1.82) is 5.26 Å².